The highest BCUT2D eigenvalue weighted by Gasteiger charge is 2.31. The van der Waals surface area contributed by atoms with Gasteiger partial charge in [0.2, 0.25) is 0 Å². The first-order valence-corrected chi connectivity index (χ1v) is 16.4. The van der Waals surface area contributed by atoms with Crippen molar-refractivity contribution in [1.29, 1.82) is 0 Å². The Hall–Kier alpha value is -5.34. The summed E-state index contributed by atoms with van der Waals surface area (Å²) in [5.41, 5.74) is 11.9. The minimum Gasteiger partial charge on any atom is -0.344 e. The lowest BCUT2D eigenvalue weighted by atomic mass is 9.80. The molecule has 2 aromatic carbocycles. The van der Waals surface area contributed by atoms with Crippen molar-refractivity contribution in [3.8, 4) is 5.69 Å². The van der Waals surface area contributed by atoms with Gasteiger partial charge < -0.3 is 9.47 Å². The number of aromatic nitrogens is 1. The first kappa shape index (κ1) is 33.0. The molecule has 0 fully saturated rings. The number of para-hydroxylation sites is 1. The fourth-order valence-corrected chi connectivity index (χ4v) is 7.41. The highest BCUT2D eigenvalue weighted by molar-refractivity contribution is 5.85. The Morgan fingerprint density at radius 3 is 2.17 bits per heavy atom. The number of fused-ring (bicyclic) bond motifs is 1. The molecular weight excluding hydrogens is 569 g/mol. The van der Waals surface area contributed by atoms with Gasteiger partial charge >= 0.3 is 0 Å². The molecule has 2 heterocycles. The van der Waals surface area contributed by atoms with E-state index in [2.05, 4.69) is 142 Å². The molecule has 3 aromatic rings. The summed E-state index contributed by atoms with van der Waals surface area (Å²) in [5.74, 6) is 0.236. The number of allylic oxidation sites excluding steroid dienone is 15. The van der Waals surface area contributed by atoms with E-state index in [1.807, 2.05) is 36.5 Å². The summed E-state index contributed by atoms with van der Waals surface area (Å²) in [5, 5.41) is 3.56. The van der Waals surface area contributed by atoms with Crippen molar-refractivity contribution in [2.45, 2.75) is 33.1 Å². The molecule has 2 aliphatic rings. The first-order valence-electron chi connectivity index (χ1n) is 16.4. The maximum Gasteiger partial charge on any atom is 0.0540 e. The third-order valence-electron chi connectivity index (χ3n) is 9.34. The molecule has 2 nitrogen and oxygen atoms in total. The van der Waals surface area contributed by atoms with Gasteiger partial charge in [0.05, 0.1) is 5.52 Å². The zero-order valence-corrected chi connectivity index (χ0v) is 28.0. The van der Waals surface area contributed by atoms with Gasteiger partial charge in [0.1, 0.15) is 0 Å². The Bertz CT molecular complexity index is 2040. The van der Waals surface area contributed by atoms with Crippen LogP contribution in [0.1, 0.15) is 38.7 Å². The van der Waals surface area contributed by atoms with E-state index >= 15 is 0 Å². The van der Waals surface area contributed by atoms with Crippen LogP contribution < -0.4 is 10.6 Å². The maximum absolute atomic E-state index is 4.28. The smallest absolute Gasteiger partial charge is 0.0540 e. The molecule has 1 aromatic heterocycles. The van der Waals surface area contributed by atoms with Crippen LogP contribution in [0.5, 0.6) is 0 Å². The number of hydrogen-bond donors (Lipinski definition) is 0. The summed E-state index contributed by atoms with van der Waals surface area (Å²) in [4.78, 5) is 2.43. The molecule has 0 spiro atoms. The van der Waals surface area contributed by atoms with Gasteiger partial charge in [-0.15, -0.1) is 0 Å². The van der Waals surface area contributed by atoms with Gasteiger partial charge in [-0.1, -0.05) is 131 Å². The van der Waals surface area contributed by atoms with Crippen molar-refractivity contribution in [2.24, 2.45) is 5.92 Å². The molecule has 2 heteroatoms. The van der Waals surface area contributed by atoms with E-state index in [1.54, 1.807) is 0 Å². The monoisotopic (exact) mass is 614 g/mol. The highest BCUT2D eigenvalue weighted by atomic mass is 15.2. The Kier molecular flexibility index (Phi) is 10.4. The Morgan fingerprint density at radius 1 is 0.809 bits per heavy atom. The molecule has 47 heavy (non-hydrogen) atoms. The summed E-state index contributed by atoms with van der Waals surface area (Å²) in [6.07, 6.45) is 25.1. The van der Waals surface area contributed by atoms with Gasteiger partial charge in [-0.25, -0.2) is 0 Å². The van der Waals surface area contributed by atoms with Crippen LogP contribution in [0.15, 0.2) is 176 Å². The molecule has 1 aliphatic heterocycles. The van der Waals surface area contributed by atoms with Crippen molar-refractivity contribution in [3.05, 3.63) is 193 Å². The van der Waals surface area contributed by atoms with Crippen molar-refractivity contribution in [3.63, 3.8) is 0 Å². The molecule has 0 amide bonds. The van der Waals surface area contributed by atoms with Crippen LogP contribution >= 0.6 is 0 Å². The lowest BCUT2D eigenvalue weighted by Gasteiger charge is -2.40. The zero-order valence-electron chi connectivity index (χ0n) is 28.0. The Labute approximate surface area is 281 Å². The van der Waals surface area contributed by atoms with E-state index in [-0.39, 0.29) is 5.92 Å². The summed E-state index contributed by atoms with van der Waals surface area (Å²) in [6, 6.07) is 17.5. The Morgan fingerprint density at radius 2 is 1.55 bits per heavy atom. The van der Waals surface area contributed by atoms with E-state index in [4.69, 9.17) is 0 Å². The molecular formula is C45H46N2. The number of hydrogen-bond acceptors (Lipinski definition) is 1. The van der Waals surface area contributed by atoms with Gasteiger partial charge in [-0.3, -0.25) is 0 Å². The van der Waals surface area contributed by atoms with E-state index in [9.17, 15) is 0 Å². The van der Waals surface area contributed by atoms with Crippen LogP contribution in [0.4, 0.5) is 0 Å². The summed E-state index contributed by atoms with van der Waals surface area (Å²) in [6.45, 7) is 30.0. The van der Waals surface area contributed by atoms with Gasteiger partial charge in [0.15, 0.2) is 0 Å². The van der Waals surface area contributed by atoms with E-state index in [0.717, 1.165) is 53.7 Å². The van der Waals surface area contributed by atoms with Crippen LogP contribution in [0.25, 0.3) is 34.3 Å². The maximum atomic E-state index is 4.28. The van der Waals surface area contributed by atoms with Crippen LogP contribution in [0.3, 0.4) is 0 Å². The van der Waals surface area contributed by atoms with E-state index in [1.165, 1.54) is 44.1 Å². The topological polar surface area (TPSA) is 8.17 Å². The normalized spacial score (nSPS) is 18.4. The number of rotatable bonds is 11. The second kappa shape index (κ2) is 14.8. The molecule has 1 atom stereocenters. The van der Waals surface area contributed by atoms with Crippen LogP contribution in [-0.2, 0) is 0 Å². The molecule has 0 N–H and O–H groups in total. The molecule has 0 bridgehead atoms. The van der Waals surface area contributed by atoms with Gasteiger partial charge in [-0.2, -0.15) is 0 Å². The SMILES string of the molecule is C=C/C=c1\c(=C/C)n(-c2ccc(C3=C(C=C)C(C=C)=C(N4CCC(C(/C=C\C)=C/C=C)C(C=C)=C4C=C)CC3)cc2)c2ccccc12. The van der Waals surface area contributed by atoms with Crippen molar-refractivity contribution >= 4 is 28.6 Å². The summed E-state index contributed by atoms with van der Waals surface area (Å²) >= 11 is 0. The predicted molar refractivity (Wildman–Crippen MR) is 206 cm³/mol. The van der Waals surface area contributed by atoms with Gasteiger partial charge in [0, 0.05) is 51.1 Å². The second-order valence-corrected chi connectivity index (χ2v) is 11.7. The van der Waals surface area contributed by atoms with Gasteiger partial charge in [-0.05, 0) is 85.2 Å². The summed E-state index contributed by atoms with van der Waals surface area (Å²) < 4.78 is 2.33. The standard InChI is InChI=1S/C45H46N2/c1-9-19-32(20-10-2)39-30-31-46(42(15-7)37(39)14-6)44-29-28-38(35(12-4)36(44)13-5)33-24-26-34(27-25-33)47-43(16-8)40(21-11-3)41-22-17-18-23-45(41)47/h9-27,39H,1,3-7,28-31H2,2,8H3/b20-10-,32-19+,40-21-,43-16+. The van der Waals surface area contributed by atoms with Crippen LogP contribution in [-0.4, -0.2) is 16.0 Å². The second-order valence-electron chi connectivity index (χ2n) is 11.7. The summed E-state index contributed by atoms with van der Waals surface area (Å²) in [7, 11) is 0. The lowest BCUT2D eigenvalue weighted by Crippen LogP contribution is -2.33. The molecule has 5 rings (SSSR count). The molecule has 236 valence electrons. The van der Waals surface area contributed by atoms with Crippen LogP contribution in [0, 0.1) is 5.92 Å². The average molecular weight is 615 g/mol. The van der Waals surface area contributed by atoms with E-state index < -0.39 is 0 Å². The quantitative estimate of drug-likeness (QED) is 0.195. The fourth-order valence-electron chi connectivity index (χ4n) is 7.41. The molecule has 1 aliphatic carbocycles. The highest BCUT2D eigenvalue weighted by Crippen LogP contribution is 2.43. The zero-order chi connectivity index (χ0) is 33.5. The van der Waals surface area contributed by atoms with Crippen molar-refractivity contribution in [2.75, 3.05) is 6.54 Å². The first-order chi connectivity index (χ1) is 23.0. The number of benzene rings is 2. The minimum absolute atomic E-state index is 0.236. The number of nitrogens with zero attached hydrogens (tertiary/aromatic N) is 2. The average Bonchev–Trinajstić information content (AvgIpc) is 3.43. The van der Waals surface area contributed by atoms with Gasteiger partial charge in [0.25, 0.3) is 0 Å². The predicted octanol–water partition coefficient (Wildman–Crippen LogP) is 10.2. The molecule has 0 radical (unpaired) electrons. The molecule has 0 saturated carbocycles. The lowest BCUT2D eigenvalue weighted by molar-refractivity contribution is 0.359. The van der Waals surface area contributed by atoms with E-state index in [0.29, 0.717) is 0 Å². The Balaban J connectivity index is 1.60. The van der Waals surface area contributed by atoms with Crippen molar-refractivity contribution < 1.29 is 0 Å². The molecule has 1 unspecified atom stereocenters. The minimum atomic E-state index is 0.236. The van der Waals surface area contributed by atoms with Crippen LogP contribution in [0.2, 0.25) is 0 Å². The largest absolute Gasteiger partial charge is 0.344 e. The molecule has 0 saturated heterocycles. The third kappa shape index (κ3) is 6.00. The van der Waals surface area contributed by atoms with Crippen molar-refractivity contribution in [1.82, 2.24) is 9.47 Å². The third-order valence-corrected chi connectivity index (χ3v) is 9.34. The fraction of sp³-hybridized carbons (Fsp3) is 0.156.